The van der Waals surface area contributed by atoms with Crippen molar-refractivity contribution < 1.29 is 13.5 Å². The quantitative estimate of drug-likeness (QED) is 0.690. The van der Waals surface area contributed by atoms with Gasteiger partial charge in [-0.05, 0) is 34.1 Å². The van der Waals surface area contributed by atoms with E-state index in [2.05, 4.69) is 5.32 Å². The van der Waals surface area contributed by atoms with Crippen LogP contribution in [0, 0.1) is 0 Å². The lowest BCUT2D eigenvalue weighted by Crippen LogP contribution is -2.41. The van der Waals surface area contributed by atoms with Crippen LogP contribution in [0.2, 0.25) is 0 Å². The minimum absolute atomic E-state index is 0.107. The summed E-state index contributed by atoms with van der Waals surface area (Å²) in [6, 6.07) is 0. The largest absolute Gasteiger partial charge is 0.389 e. The van der Waals surface area contributed by atoms with E-state index in [1.807, 2.05) is 6.92 Å². The molecule has 1 atom stereocenters. The second-order valence-corrected chi connectivity index (χ2v) is 8.32. The highest BCUT2D eigenvalue weighted by Gasteiger charge is 2.28. The molecule has 16 heavy (non-hydrogen) atoms. The van der Waals surface area contributed by atoms with E-state index in [1.54, 1.807) is 27.7 Å². The summed E-state index contributed by atoms with van der Waals surface area (Å²) in [5.74, 6) is 0.107. The van der Waals surface area contributed by atoms with E-state index < -0.39 is 20.2 Å². The highest BCUT2D eigenvalue weighted by molar-refractivity contribution is 7.92. The van der Waals surface area contributed by atoms with Gasteiger partial charge in [-0.1, -0.05) is 6.92 Å². The molecule has 0 amide bonds. The molecule has 0 aliphatic carbocycles. The predicted molar refractivity (Wildman–Crippen MR) is 67.3 cm³/mol. The summed E-state index contributed by atoms with van der Waals surface area (Å²) in [6.45, 7) is 9.53. The van der Waals surface area contributed by atoms with Crippen molar-refractivity contribution in [1.82, 2.24) is 5.32 Å². The third kappa shape index (κ3) is 5.27. The van der Waals surface area contributed by atoms with Gasteiger partial charge in [0.2, 0.25) is 0 Å². The molecule has 98 valence electrons. The highest BCUT2D eigenvalue weighted by atomic mass is 32.2. The van der Waals surface area contributed by atoms with Crippen molar-refractivity contribution in [1.29, 1.82) is 0 Å². The van der Waals surface area contributed by atoms with Gasteiger partial charge in [-0.15, -0.1) is 0 Å². The Morgan fingerprint density at radius 2 is 1.69 bits per heavy atom. The van der Waals surface area contributed by atoms with Crippen LogP contribution < -0.4 is 5.32 Å². The summed E-state index contributed by atoms with van der Waals surface area (Å²) in [6.07, 6.45) is 0.645. The first-order valence-electron chi connectivity index (χ1n) is 5.67. The first kappa shape index (κ1) is 15.9. The molecule has 0 saturated heterocycles. The molecule has 4 nitrogen and oxygen atoms in total. The van der Waals surface area contributed by atoms with Crippen LogP contribution >= 0.6 is 0 Å². The standard InChI is InChI=1S/C11H25NO3S/c1-6-11(5,13)9-12-7-8-16(14,15)10(2,3)4/h12-13H,6-9H2,1-5H3. The summed E-state index contributed by atoms with van der Waals surface area (Å²) >= 11 is 0. The summed E-state index contributed by atoms with van der Waals surface area (Å²) in [7, 11) is -3.07. The van der Waals surface area contributed by atoms with Crippen LogP contribution in [0.1, 0.15) is 41.0 Å². The summed E-state index contributed by atoms with van der Waals surface area (Å²) in [5.41, 5.74) is -0.758. The van der Waals surface area contributed by atoms with Gasteiger partial charge >= 0.3 is 0 Å². The second-order valence-electron chi connectivity index (χ2n) is 5.46. The minimum atomic E-state index is -3.07. The molecule has 0 rings (SSSR count). The van der Waals surface area contributed by atoms with E-state index >= 15 is 0 Å². The average molecular weight is 251 g/mol. The SMILES string of the molecule is CCC(C)(O)CNCCS(=O)(=O)C(C)(C)C. The molecule has 0 fully saturated rings. The number of rotatable bonds is 6. The van der Waals surface area contributed by atoms with Gasteiger partial charge in [0.05, 0.1) is 16.1 Å². The molecule has 5 heteroatoms. The maximum Gasteiger partial charge on any atom is 0.156 e. The molecule has 0 aromatic carbocycles. The van der Waals surface area contributed by atoms with Crippen LogP contribution in [-0.4, -0.2) is 42.7 Å². The van der Waals surface area contributed by atoms with Gasteiger partial charge in [-0.2, -0.15) is 0 Å². The Kier molecular flexibility index (Phi) is 5.42. The third-order valence-electron chi connectivity index (χ3n) is 2.75. The van der Waals surface area contributed by atoms with Gasteiger partial charge in [0.25, 0.3) is 0 Å². The normalized spacial score (nSPS) is 17.1. The molecular weight excluding hydrogens is 226 g/mol. The molecule has 2 N–H and O–H groups in total. The number of hydrogen-bond donors (Lipinski definition) is 2. The fourth-order valence-electron chi connectivity index (χ4n) is 0.995. The van der Waals surface area contributed by atoms with Gasteiger partial charge in [0, 0.05) is 13.1 Å². The van der Waals surface area contributed by atoms with E-state index in [1.165, 1.54) is 0 Å². The van der Waals surface area contributed by atoms with Crippen molar-refractivity contribution in [3.8, 4) is 0 Å². The van der Waals surface area contributed by atoms with Crippen molar-refractivity contribution in [3.63, 3.8) is 0 Å². The van der Waals surface area contributed by atoms with Gasteiger partial charge in [-0.3, -0.25) is 0 Å². The number of hydrogen-bond acceptors (Lipinski definition) is 4. The van der Waals surface area contributed by atoms with Crippen molar-refractivity contribution in [2.75, 3.05) is 18.8 Å². The zero-order chi connectivity index (χ0) is 13.0. The number of aliphatic hydroxyl groups is 1. The first-order valence-corrected chi connectivity index (χ1v) is 7.32. The predicted octanol–water partition coefficient (Wildman–Crippen LogP) is 0.950. The maximum absolute atomic E-state index is 11.7. The van der Waals surface area contributed by atoms with E-state index in [4.69, 9.17) is 0 Å². The van der Waals surface area contributed by atoms with Gasteiger partial charge in [0.15, 0.2) is 9.84 Å². The van der Waals surface area contributed by atoms with Gasteiger partial charge < -0.3 is 10.4 Å². The highest BCUT2D eigenvalue weighted by Crippen LogP contribution is 2.15. The van der Waals surface area contributed by atoms with Crippen LogP contribution in [0.25, 0.3) is 0 Å². The molecule has 0 radical (unpaired) electrons. The molecule has 0 aromatic rings. The Hall–Kier alpha value is -0.130. The zero-order valence-electron chi connectivity index (χ0n) is 11.0. The van der Waals surface area contributed by atoms with Crippen LogP contribution in [0.15, 0.2) is 0 Å². The lowest BCUT2D eigenvalue weighted by Gasteiger charge is -2.23. The monoisotopic (exact) mass is 251 g/mol. The van der Waals surface area contributed by atoms with Crippen molar-refractivity contribution in [3.05, 3.63) is 0 Å². The topological polar surface area (TPSA) is 66.4 Å². The van der Waals surface area contributed by atoms with Crippen molar-refractivity contribution >= 4 is 9.84 Å². The Labute approximate surface area is 99.4 Å². The second kappa shape index (κ2) is 5.47. The minimum Gasteiger partial charge on any atom is -0.389 e. The van der Waals surface area contributed by atoms with Gasteiger partial charge in [-0.25, -0.2) is 8.42 Å². The molecule has 0 aliphatic rings. The van der Waals surface area contributed by atoms with Crippen LogP contribution in [0.3, 0.4) is 0 Å². The maximum atomic E-state index is 11.7. The van der Waals surface area contributed by atoms with E-state index in [9.17, 15) is 13.5 Å². The molecule has 1 unspecified atom stereocenters. The summed E-state index contributed by atoms with van der Waals surface area (Å²) < 4.78 is 22.8. The lowest BCUT2D eigenvalue weighted by atomic mass is 10.0. The Bertz CT molecular complexity index is 302. The average Bonchev–Trinajstić information content (AvgIpc) is 2.11. The molecule has 0 aliphatic heterocycles. The molecule has 0 saturated carbocycles. The molecule has 0 heterocycles. The molecular formula is C11H25NO3S. The fourth-order valence-corrected chi connectivity index (χ4v) is 2.02. The summed E-state index contributed by atoms with van der Waals surface area (Å²) in [4.78, 5) is 0. The van der Waals surface area contributed by atoms with Gasteiger partial charge in [0.1, 0.15) is 0 Å². The zero-order valence-corrected chi connectivity index (χ0v) is 11.8. The summed E-state index contributed by atoms with van der Waals surface area (Å²) in [5, 5.41) is 12.7. The number of sulfone groups is 1. The van der Waals surface area contributed by atoms with Crippen molar-refractivity contribution in [2.45, 2.75) is 51.4 Å². The Morgan fingerprint density at radius 1 is 1.19 bits per heavy atom. The molecule has 0 spiro atoms. The molecule has 0 aromatic heterocycles. The van der Waals surface area contributed by atoms with E-state index in [0.29, 0.717) is 19.5 Å². The lowest BCUT2D eigenvalue weighted by molar-refractivity contribution is 0.0565. The smallest absolute Gasteiger partial charge is 0.156 e. The first-order chi connectivity index (χ1) is 7.02. The van der Waals surface area contributed by atoms with E-state index in [0.717, 1.165) is 0 Å². The van der Waals surface area contributed by atoms with Crippen LogP contribution in [0.5, 0.6) is 0 Å². The Morgan fingerprint density at radius 3 is 2.06 bits per heavy atom. The fraction of sp³-hybridized carbons (Fsp3) is 1.00. The molecule has 0 bridgehead atoms. The number of nitrogens with one attached hydrogen (secondary N) is 1. The van der Waals surface area contributed by atoms with Crippen LogP contribution in [-0.2, 0) is 9.84 Å². The van der Waals surface area contributed by atoms with Crippen molar-refractivity contribution in [2.24, 2.45) is 0 Å². The van der Waals surface area contributed by atoms with E-state index in [-0.39, 0.29) is 5.75 Å². The Balaban J connectivity index is 4.03. The van der Waals surface area contributed by atoms with Crippen LogP contribution in [0.4, 0.5) is 0 Å². The third-order valence-corrected chi connectivity index (χ3v) is 5.36.